The van der Waals surface area contributed by atoms with E-state index < -0.39 is 17.4 Å². The maximum absolute atomic E-state index is 12.3. The molecule has 0 aliphatic heterocycles. The monoisotopic (exact) mass is 318 g/mol. The highest BCUT2D eigenvalue weighted by Gasteiger charge is 2.62. The molecule has 0 amide bonds. The summed E-state index contributed by atoms with van der Waals surface area (Å²) in [5, 5.41) is -0.223. The lowest BCUT2D eigenvalue weighted by Crippen LogP contribution is -2.46. The van der Waals surface area contributed by atoms with Crippen molar-refractivity contribution in [2.75, 3.05) is 14.2 Å². The minimum atomic E-state index is -1.35. The molecule has 2 aliphatic carbocycles. The van der Waals surface area contributed by atoms with E-state index in [9.17, 15) is 9.59 Å². The molecule has 0 bridgehead atoms. The van der Waals surface area contributed by atoms with Crippen molar-refractivity contribution in [3.05, 3.63) is 23.3 Å². The second kappa shape index (κ2) is 5.78. The molecule has 0 unspecified atom stereocenters. The highest BCUT2D eigenvalue weighted by atomic mass is 35.5. The van der Waals surface area contributed by atoms with Crippen molar-refractivity contribution >= 4 is 35.1 Å². The first-order valence-corrected chi connectivity index (χ1v) is 7.17. The number of rotatable bonds is 2. The summed E-state index contributed by atoms with van der Waals surface area (Å²) in [6.07, 6.45) is 4.49. The molecule has 1 saturated carbocycles. The first-order valence-electron chi connectivity index (χ1n) is 6.29. The van der Waals surface area contributed by atoms with Crippen LogP contribution in [-0.2, 0) is 19.1 Å². The highest BCUT2D eigenvalue weighted by Crippen LogP contribution is 2.56. The Bertz CT molecular complexity index is 468. The number of hydrogen-bond acceptors (Lipinski definition) is 4. The molecule has 0 aromatic carbocycles. The Morgan fingerprint density at radius 2 is 1.90 bits per heavy atom. The molecule has 4 nitrogen and oxygen atoms in total. The van der Waals surface area contributed by atoms with Crippen LogP contribution in [0.2, 0.25) is 0 Å². The third-order valence-corrected chi connectivity index (χ3v) is 4.83. The third kappa shape index (κ3) is 2.15. The number of carbonyl (C=O) groups is 2. The van der Waals surface area contributed by atoms with Crippen molar-refractivity contribution in [1.29, 1.82) is 0 Å². The number of ether oxygens (including phenoxy) is 2. The van der Waals surface area contributed by atoms with E-state index in [0.717, 1.165) is 5.57 Å². The fourth-order valence-electron chi connectivity index (χ4n) is 3.31. The van der Waals surface area contributed by atoms with E-state index >= 15 is 0 Å². The summed E-state index contributed by atoms with van der Waals surface area (Å²) >= 11 is 12.0. The molecule has 0 heterocycles. The van der Waals surface area contributed by atoms with Gasteiger partial charge in [0.15, 0.2) is 5.41 Å². The molecule has 0 radical (unpaired) electrons. The average Bonchev–Trinajstić information content (AvgIpc) is 2.80. The van der Waals surface area contributed by atoms with E-state index in [1.807, 2.05) is 12.2 Å². The maximum atomic E-state index is 12.3. The Kier molecular flexibility index (Phi) is 4.45. The van der Waals surface area contributed by atoms with Crippen molar-refractivity contribution in [2.45, 2.75) is 18.2 Å². The van der Waals surface area contributed by atoms with Gasteiger partial charge in [-0.25, -0.2) is 0 Å². The Labute approximate surface area is 127 Å². The smallest absolute Gasteiger partial charge is 0.323 e. The standard InChI is InChI=1S/C14H16Cl2O4/c1-19-12(17)14(13(18)20-2)6-8(7-15)10-4-3-9(16)5-11(10)14/h3-4,7,9-11H,5-6H2,1-2H3/b8-7+/t9-,10+,11+/m0/s1. The summed E-state index contributed by atoms with van der Waals surface area (Å²) in [6, 6.07) is 0. The zero-order valence-corrected chi connectivity index (χ0v) is 12.8. The van der Waals surface area contributed by atoms with Gasteiger partial charge in [0.2, 0.25) is 0 Å². The number of methoxy groups -OCH3 is 2. The average molecular weight is 319 g/mol. The first kappa shape index (κ1) is 15.4. The van der Waals surface area contributed by atoms with Crippen LogP contribution in [-0.4, -0.2) is 31.5 Å². The fourth-order valence-corrected chi connectivity index (χ4v) is 3.81. The van der Waals surface area contributed by atoms with Crippen LogP contribution >= 0.6 is 23.2 Å². The minimum Gasteiger partial charge on any atom is -0.468 e. The van der Waals surface area contributed by atoms with Gasteiger partial charge in [-0.1, -0.05) is 23.8 Å². The highest BCUT2D eigenvalue weighted by molar-refractivity contribution is 6.26. The van der Waals surface area contributed by atoms with Crippen LogP contribution in [0, 0.1) is 17.3 Å². The molecular weight excluding hydrogens is 303 g/mol. The van der Waals surface area contributed by atoms with Crippen molar-refractivity contribution in [2.24, 2.45) is 17.3 Å². The molecule has 0 saturated heterocycles. The summed E-state index contributed by atoms with van der Waals surface area (Å²) < 4.78 is 9.72. The topological polar surface area (TPSA) is 52.6 Å². The zero-order chi connectivity index (χ0) is 14.9. The largest absolute Gasteiger partial charge is 0.468 e. The number of fused-ring (bicyclic) bond motifs is 1. The van der Waals surface area contributed by atoms with Crippen LogP contribution in [0.5, 0.6) is 0 Å². The van der Waals surface area contributed by atoms with Crippen molar-refractivity contribution in [1.82, 2.24) is 0 Å². The summed E-state index contributed by atoms with van der Waals surface area (Å²) in [7, 11) is 2.53. The predicted octanol–water partition coefficient (Wildman–Crippen LogP) is 2.64. The summed E-state index contributed by atoms with van der Waals surface area (Å²) in [5.74, 6) is -1.56. The molecule has 2 aliphatic rings. The third-order valence-electron chi connectivity index (χ3n) is 4.22. The van der Waals surface area contributed by atoms with E-state index in [1.165, 1.54) is 19.8 Å². The van der Waals surface area contributed by atoms with Gasteiger partial charge >= 0.3 is 11.9 Å². The SMILES string of the molecule is COC(=O)C1(C(=O)OC)C/C(=C\Cl)[C@H]2C=C[C@H](Cl)C[C@H]21. The molecular formula is C14H16Cl2O4. The molecule has 0 N–H and O–H groups in total. The van der Waals surface area contributed by atoms with Gasteiger partial charge in [0.1, 0.15) is 0 Å². The zero-order valence-electron chi connectivity index (χ0n) is 11.3. The predicted molar refractivity (Wildman–Crippen MR) is 75.4 cm³/mol. The molecule has 3 atom stereocenters. The minimum absolute atomic E-state index is 0.0827. The van der Waals surface area contributed by atoms with Crippen LogP contribution in [0.1, 0.15) is 12.8 Å². The van der Waals surface area contributed by atoms with Gasteiger partial charge in [0.25, 0.3) is 0 Å². The van der Waals surface area contributed by atoms with E-state index in [1.54, 1.807) is 0 Å². The van der Waals surface area contributed by atoms with Crippen LogP contribution < -0.4 is 0 Å². The molecule has 6 heteroatoms. The molecule has 0 aromatic heterocycles. The summed E-state index contributed by atoms with van der Waals surface area (Å²) in [5.41, 5.74) is 0.907. The Balaban J connectivity index is 2.54. The van der Waals surface area contributed by atoms with Gasteiger partial charge in [0.05, 0.1) is 19.6 Å². The van der Waals surface area contributed by atoms with Gasteiger partial charge in [0, 0.05) is 11.5 Å². The Morgan fingerprint density at radius 3 is 2.40 bits per heavy atom. The molecule has 0 aromatic rings. The number of carbonyl (C=O) groups excluding carboxylic acids is 2. The second-order valence-corrected chi connectivity index (χ2v) is 5.86. The number of esters is 2. The summed E-state index contributed by atoms with van der Waals surface area (Å²) in [6.45, 7) is 0. The van der Waals surface area contributed by atoms with Gasteiger partial charge in [-0.3, -0.25) is 9.59 Å². The normalized spacial score (nSPS) is 32.8. The van der Waals surface area contributed by atoms with Gasteiger partial charge in [-0.2, -0.15) is 0 Å². The van der Waals surface area contributed by atoms with Crippen molar-refractivity contribution < 1.29 is 19.1 Å². The van der Waals surface area contributed by atoms with E-state index in [4.69, 9.17) is 32.7 Å². The molecule has 110 valence electrons. The van der Waals surface area contributed by atoms with Gasteiger partial charge in [-0.05, 0) is 24.3 Å². The van der Waals surface area contributed by atoms with E-state index in [-0.39, 0.29) is 23.6 Å². The first-order chi connectivity index (χ1) is 9.51. The van der Waals surface area contributed by atoms with Crippen LogP contribution in [0.25, 0.3) is 0 Å². The molecule has 0 spiro atoms. The molecule has 20 heavy (non-hydrogen) atoms. The van der Waals surface area contributed by atoms with E-state index in [0.29, 0.717) is 6.42 Å². The molecule has 1 fully saturated rings. The number of halogens is 2. The Hall–Kier alpha value is -1.000. The van der Waals surface area contributed by atoms with E-state index in [2.05, 4.69) is 0 Å². The number of alkyl halides is 1. The van der Waals surface area contributed by atoms with Crippen molar-refractivity contribution in [3.8, 4) is 0 Å². The quantitative estimate of drug-likeness (QED) is 0.340. The van der Waals surface area contributed by atoms with Crippen LogP contribution in [0.3, 0.4) is 0 Å². The maximum Gasteiger partial charge on any atom is 0.323 e. The van der Waals surface area contributed by atoms with Crippen LogP contribution in [0.4, 0.5) is 0 Å². The Morgan fingerprint density at radius 1 is 1.30 bits per heavy atom. The van der Waals surface area contributed by atoms with Gasteiger partial charge < -0.3 is 9.47 Å². The summed E-state index contributed by atoms with van der Waals surface area (Å²) in [4.78, 5) is 24.6. The van der Waals surface area contributed by atoms with Gasteiger partial charge in [-0.15, -0.1) is 11.6 Å². The number of hydrogen-bond donors (Lipinski definition) is 0. The lowest BCUT2D eigenvalue weighted by Gasteiger charge is -2.34. The van der Waals surface area contributed by atoms with Crippen LogP contribution in [0.15, 0.2) is 23.3 Å². The fraction of sp³-hybridized carbons (Fsp3) is 0.571. The molecule has 2 rings (SSSR count). The lowest BCUT2D eigenvalue weighted by molar-refractivity contribution is -0.172. The number of allylic oxidation sites excluding steroid dienone is 3. The van der Waals surface area contributed by atoms with Crippen molar-refractivity contribution in [3.63, 3.8) is 0 Å². The second-order valence-electron chi connectivity index (χ2n) is 5.08. The lowest BCUT2D eigenvalue weighted by atomic mass is 9.71.